The Bertz CT molecular complexity index is 246. The standard InChI is InChI=1S/C9H18N2O6/c1-10-8(16)6(14)4(12)3-5(13)7(15)9(17)11-2/h4-7,12-15H,3H2,1-2H3,(H,10,16)(H,11,17). The van der Waals surface area contributed by atoms with E-state index < -0.39 is 42.7 Å². The van der Waals surface area contributed by atoms with Crippen LogP contribution in [0.4, 0.5) is 0 Å². The van der Waals surface area contributed by atoms with Crippen LogP contribution in [-0.4, -0.2) is 70.8 Å². The molecule has 0 fully saturated rings. The number of hydrogen-bond donors (Lipinski definition) is 6. The Hall–Kier alpha value is -1.22. The summed E-state index contributed by atoms with van der Waals surface area (Å²) in [4.78, 5) is 21.9. The van der Waals surface area contributed by atoms with Crippen LogP contribution in [0.2, 0.25) is 0 Å². The second-order valence-electron chi connectivity index (χ2n) is 3.49. The zero-order valence-electron chi connectivity index (χ0n) is 9.62. The van der Waals surface area contributed by atoms with Gasteiger partial charge in [-0.3, -0.25) is 9.59 Å². The average Bonchev–Trinajstić information content (AvgIpc) is 2.34. The number of hydrogen-bond acceptors (Lipinski definition) is 6. The third-order valence-corrected chi connectivity index (χ3v) is 2.24. The van der Waals surface area contributed by atoms with E-state index in [1.807, 2.05) is 0 Å². The molecule has 0 bridgehead atoms. The van der Waals surface area contributed by atoms with Crippen molar-refractivity contribution in [3.63, 3.8) is 0 Å². The fraction of sp³-hybridized carbons (Fsp3) is 0.778. The summed E-state index contributed by atoms with van der Waals surface area (Å²) < 4.78 is 0. The molecule has 0 saturated heterocycles. The molecule has 0 aliphatic rings. The minimum Gasteiger partial charge on any atom is -0.390 e. The molecule has 0 aliphatic carbocycles. The summed E-state index contributed by atoms with van der Waals surface area (Å²) in [5.41, 5.74) is 0. The van der Waals surface area contributed by atoms with Gasteiger partial charge in [-0.2, -0.15) is 0 Å². The molecule has 0 rings (SSSR count). The lowest BCUT2D eigenvalue weighted by molar-refractivity contribution is -0.140. The smallest absolute Gasteiger partial charge is 0.251 e. The van der Waals surface area contributed by atoms with E-state index in [1.165, 1.54) is 14.1 Å². The van der Waals surface area contributed by atoms with Crippen molar-refractivity contribution in [1.29, 1.82) is 0 Å². The molecule has 0 aromatic carbocycles. The fourth-order valence-electron chi connectivity index (χ4n) is 1.15. The molecular weight excluding hydrogens is 232 g/mol. The summed E-state index contributed by atoms with van der Waals surface area (Å²) in [5, 5.41) is 41.5. The Morgan fingerprint density at radius 2 is 1.18 bits per heavy atom. The van der Waals surface area contributed by atoms with Gasteiger partial charge in [0.25, 0.3) is 11.8 Å². The second-order valence-corrected chi connectivity index (χ2v) is 3.49. The van der Waals surface area contributed by atoms with Crippen LogP contribution in [0.3, 0.4) is 0 Å². The summed E-state index contributed by atoms with van der Waals surface area (Å²) in [5.74, 6) is -1.64. The van der Waals surface area contributed by atoms with Gasteiger partial charge in [-0.15, -0.1) is 0 Å². The van der Waals surface area contributed by atoms with E-state index in [-0.39, 0.29) is 0 Å². The lowest BCUT2D eigenvalue weighted by atomic mass is 10.0. The monoisotopic (exact) mass is 250 g/mol. The van der Waals surface area contributed by atoms with Crippen LogP contribution in [0.15, 0.2) is 0 Å². The van der Waals surface area contributed by atoms with Gasteiger partial charge >= 0.3 is 0 Å². The van der Waals surface area contributed by atoms with Gasteiger partial charge in [0, 0.05) is 20.5 Å². The number of nitrogens with one attached hydrogen (secondary N) is 2. The highest BCUT2D eigenvalue weighted by Gasteiger charge is 2.30. The quantitative estimate of drug-likeness (QED) is 0.287. The zero-order valence-corrected chi connectivity index (χ0v) is 9.62. The van der Waals surface area contributed by atoms with Crippen LogP contribution in [0, 0.1) is 0 Å². The van der Waals surface area contributed by atoms with E-state index >= 15 is 0 Å². The number of amides is 2. The molecule has 0 heterocycles. The van der Waals surface area contributed by atoms with Crippen LogP contribution >= 0.6 is 0 Å². The maximum atomic E-state index is 11.0. The highest BCUT2D eigenvalue weighted by Crippen LogP contribution is 2.07. The molecule has 17 heavy (non-hydrogen) atoms. The molecule has 0 aromatic heterocycles. The first-order valence-electron chi connectivity index (χ1n) is 5.00. The summed E-state index contributed by atoms with van der Waals surface area (Å²) in [6.45, 7) is 0. The first-order valence-corrected chi connectivity index (χ1v) is 5.00. The topological polar surface area (TPSA) is 139 Å². The van der Waals surface area contributed by atoms with Gasteiger partial charge in [-0.05, 0) is 0 Å². The van der Waals surface area contributed by atoms with Crippen LogP contribution in [0.5, 0.6) is 0 Å². The molecule has 0 aromatic rings. The van der Waals surface area contributed by atoms with Gasteiger partial charge in [-0.25, -0.2) is 0 Å². The van der Waals surface area contributed by atoms with Crippen molar-refractivity contribution in [2.45, 2.75) is 30.8 Å². The lowest BCUT2D eigenvalue weighted by Gasteiger charge is -2.21. The molecule has 6 N–H and O–H groups in total. The predicted octanol–water partition coefficient (Wildman–Crippen LogP) is -3.69. The summed E-state index contributed by atoms with van der Waals surface area (Å²) >= 11 is 0. The molecule has 0 saturated carbocycles. The minimum atomic E-state index is -1.73. The maximum Gasteiger partial charge on any atom is 0.251 e. The molecule has 4 atom stereocenters. The lowest BCUT2D eigenvalue weighted by Crippen LogP contribution is -2.46. The van der Waals surface area contributed by atoms with Crippen molar-refractivity contribution in [3.8, 4) is 0 Å². The van der Waals surface area contributed by atoms with E-state index in [9.17, 15) is 30.0 Å². The van der Waals surface area contributed by atoms with E-state index in [0.717, 1.165) is 0 Å². The van der Waals surface area contributed by atoms with Gasteiger partial charge in [0.1, 0.15) is 0 Å². The zero-order chi connectivity index (χ0) is 13.6. The molecule has 0 aliphatic heterocycles. The summed E-state index contributed by atoms with van der Waals surface area (Å²) in [6.07, 6.45) is -7.13. The Morgan fingerprint density at radius 1 is 0.882 bits per heavy atom. The first kappa shape index (κ1) is 15.8. The molecule has 0 radical (unpaired) electrons. The molecule has 2 amide bonds. The van der Waals surface area contributed by atoms with Crippen molar-refractivity contribution in [2.75, 3.05) is 14.1 Å². The van der Waals surface area contributed by atoms with Gasteiger partial charge in [0.15, 0.2) is 12.2 Å². The highest BCUT2D eigenvalue weighted by molar-refractivity contribution is 5.81. The molecule has 8 nitrogen and oxygen atoms in total. The first-order chi connectivity index (χ1) is 7.84. The van der Waals surface area contributed by atoms with Gasteiger partial charge < -0.3 is 31.1 Å². The highest BCUT2D eigenvalue weighted by atomic mass is 16.4. The molecule has 4 unspecified atom stereocenters. The number of carbonyl (C=O) groups excluding carboxylic acids is 2. The average molecular weight is 250 g/mol. The third-order valence-electron chi connectivity index (χ3n) is 2.24. The Morgan fingerprint density at radius 3 is 1.41 bits per heavy atom. The number of aliphatic hydroxyl groups excluding tert-OH is 4. The number of aliphatic hydroxyl groups is 4. The predicted molar refractivity (Wildman–Crippen MR) is 56.8 cm³/mol. The van der Waals surface area contributed by atoms with Gasteiger partial charge in [0.2, 0.25) is 0 Å². The molecule has 8 heteroatoms. The van der Waals surface area contributed by atoms with Crippen molar-refractivity contribution in [1.82, 2.24) is 10.6 Å². The largest absolute Gasteiger partial charge is 0.390 e. The Kier molecular flexibility index (Phi) is 6.66. The van der Waals surface area contributed by atoms with Crippen molar-refractivity contribution in [2.24, 2.45) is 0 Å². The van der Waals surface area contributed by atoms with Gasteiger partial charge in [-0.1, -0.05) is 0 Å². The Labute approximate surface area is 98.3 Å². The van der Waals surface area contributed by atoms with Crippen molar-refractivity contribution < 1.29 is 30.0 Å². The number of likely N-dealkylation sites (N-methyl/N-ethyl adjacent to an activating group) is 2. The maximum absolute atomic E-state index is 11.0. The van der Waals surface area contributed by atoms with Crippen LogP contribution in [0.25, 0.3) is 0 Å². The van der Waals surface area contributed by atoms with Gasteiger partial charge in [0.05, 0.1) is 12.2 Å². The Balaban J connectivity index is 4.33. The van der Waals surface area contributed by atoms with Crippen LogP contribution in [0.1, 0.15) is 6.42 Å². The van der Waals surface area contributed by atoms with E-state index in [1.54, 1.807) is 0 Å². The summed E-state index contributed by atoms with van der Waals surface area (Å²) in [7, 11) is 2.54. The normalized spacial score (nSPS) is 17.8. The molecule has 0 spiro atoms. The SMILES string of the molecule is CNC(=O)C(O)C(O)CC(O)C(O)C(=O)NC. The molecular formula is C9H18N2O6. The van der Waals surface area contributed by atoms with Crippen LogP contribution in [-0.2, 0) is 9.59 Å². The van der Waals surface area contributed by atoms with Crippen molar-refractivity contribution in [3.05, 3.63) is 0 Å². The fourth-order valence-corrected chi connectivity index (χ4v) is 1.15. The second kappa shape index (κ2) is 7.17. The minimum absolute atomic E-state index is 0.511. The van der Waals surface area contributed by atoms with E-state index in [0.29, 0.717) is 0 Å². The van der Waals surface area contributed by atoms with Crippen LogP contribution < -0.4 is 10.6 Å². The van der Waals surface area contributed by atoms with E-state index in [2.05, 4.69) is 10.6 Å². The third kappa shape index (κ3) is 4.65. The van der Waals surface area contributed by atoms with E-state index in [4.69, 9.17) is 0 Å². The molecule has 100 valence electrons. The number of carbonyl (C=O) groups is 2. The number of rotatable bonds is 6. The van der Waals surface area contributed by atoms with Crippen molar-refractivity contribution >= 4 is 11.8 Å². The summed E-state index contributed by atoms with van der Waals surface area (Å²) in [6, 6.07) is 0.